The molecule has 1 aliphatic heterocycles. The Bertz CT molecular complexity index is 770. The molecule has 2 aromatic carbocycles. The third-order valence-electron chi connectivity index (χ3n) is 4.58. The maximum Gasteiger partial charge on any atom is 0.416 e. The highest BCUT2D eigenvalue weighted by molar-refractivity contribution is 5.61. The van der Waals surface area contributed by atoms with Crippen LogP contribution in [0.5, 0.6) is 0 Å². The second kappa shape index (κ2) is 8.15. The Kier molecular flexibility index (Phi) is 5.87. The first-order valence-electron chi connectivity index (χ1n) is 8.88. The van der Waals surface area contributed by atoms with E-state index in [1.165, 1.54) is 12.1 Å². The smallest absolute Gasteiger partial charge is 0.381 e. The first-order valence-corrected chi connectivity index (χ1v) is 8.88. The molecule has 2 aromatic rings. The highest BCUT2D eigenvalue weighted by Gasteiger charge is 2.29. The Hall–Kier alpha value is -2.31. The van der Waals surface area contributed by atoms with Crippen molar-refractivity contribution in [1.82, 2.24) is 10.6 Å². The van der Waals surface area contributed by atoms with Crippen molar-refractivity contribution in [1.29, 1.82) is 0 Å². The monoisotopic (exact) mass is 376 g/mol. The van der Waals surface area contributed by atoms with Crippen LogP contribution in [0.25, 0.3) is 5.70 Å². The van der Waals surface area contributed by atoms with Crippen LogP contribution in [0, 0.1) is 0 Å². The number of benzene rings is 2. The molecule has 1 saturated heterocycles. The molecular formula is C21H23F3N2O. The van der Waals surface area contributed by atoms with Crippen molar-refractivity contribution in [3.05, 3.63) is 77.4 Å². The molecule has 1 aliphatic rings. The van der Waals surface area contributed by atoms with Crippen LogP contribution < -0.4 is 10.6 Å². The van der Waals surface area contributed by atoms with Crippen LogP contribution in [-0.4, -0.2) is 19.2 Å². The van der Waals surface area contributed by atoms with Gasteiger partial charge in [-0.2, -0.15) is 13.2 Å². The Morgan fingerprint density at radius 2 is 1.78 bits per heavy atom. The Morgan fingerprint density at radius 1 is 1.11 bits per heavy atom. The molecule has 144 valence electrons. The molecule has 0 amide bonds. The Morgan fingerprint density at radius 3 is 2.37 bits per heavy atom. The van der Waals surface area contributed by atoms with Gasteiger partial charge in [0.2, 0.25) is 0 Å². The van der Waals surface area contributed by atoms with Crippen molar-refractivity contribution in [2.75, 3.05) is 13.1 Å². The summed E-state index contributed by atoms with van der Waals surface area (Å²) in [6.45, 7) is 8.12. The van der Waals surface area contributed by atoms with Gasteiger partial charge >= 0.3 is 6.18 Å². The third-order valence-corrected chi connectivity index (χ3v) is 4.58. The second-order valence-corrected chi connectivity index (χ2v) is 6.74. The number of nitrogens with one attached hydrogen (secondary N) is 2. The van der Waals surface area contributed by atoms with Gasteiger partial charge in [0.05, 0.1) is 17.8 Å². The van der Waals surface area contributed by atoms with Crippen molar-refractivity contribution in [3.63, 3.8) is 0 Å². The highest BCUT2D eigenvalue weighted by atomic mass is 19.4. The maximum absolute atomic E-state index is 12.6. The van der Waals surface area contributed by atoms with Crippen LogP contribution in [0.3, 0.4) is 0 Å². The van der Waals surface area contributed by atoms with Gasteiger partial charge in [0.1, 0.15) is 0 Å². The van der Waals surface area contributed by atoms with E-state index in [9.17, 15) is 13.2 Å². The fourth-order valence-corrected chi connectivity index (χ4v) is 3.01. The topological polar surface area (TPSA) is 33.3 Å². The first-order chi connectivity index (χ1) is 12.8. The maximum atomic E-state index is 12.6. The standard InChI is InChI=1S/C21H23F3N2O/c1-14-11-25-13-20(27-14)18-7-5-17(6-8-18)15(2)26-12-16-3-9-19(10-4-16)21(22,23)24/h3-10,14,20,25-26H,2,11-13H2,1H3/t14-,20-/m1/s1. The molecule has 0 spiro atoms. The van der Waals surface area contributed by atoms with E-state index in [-0.39, 0.29) is 12.2 Å². The van der Waals surface area contributed by atoms with E-state index < -0.39 is 11.7 Å². The lowest BCUT2D eigenvalue weighted by Gasteiger charge is -2.29. The molecular weight excluding hydrogens is 353 g/mol. The highest BCUT2D eigenvalue weighted by Crippen LogP contribution is 2.29. The predicted molar refractivity (Wildman–Crippen MR) is 99.9 cm³/mol. The zero-order valence-corrected chi connectivity index (χ0v) is 15.1. The lowest BCUT2D eigenvalue weighted by Crippen LogP contribution is -2.38. The van der Waals surface area contributed by atoms with E-state index in [1.54, 1.807) is 0 Å². The Balaban J connectivity index is 1.56. The number of ether oxygens (including phenoxy) is 1. The van der Waals surface area contributed by atoms with Crippen LogP contribution in [-0.2, 0) is 17.5 Å². The van der Waals surface area contributed by atoms with E-state index in [0.717, 1.165) is 47.6 Å². The molecule has 27 heavy (non-hydrogen) atoms. The number of rotatable bonds is 5. The summed E-state index contributed by atoms with van der Waals surface area (Å²) in [6.07, 6.45) is -4.09. The van der Waals surface area contributed by atoms with Crippen molar-refractivity contribution >= 4 is 5.70 Å². The molecule has 0 bridgehead atoms. The molecule has 0 aromatic heterocycles. The van der Waals surface area contributed by atoms with Gasteiger partial charge in [0, 0.05) is 25.3 Å². The molecule has 1 heterocycles. The average Bonchev–Trinajstić information content (AvgIpc) is 2.66. The second-order valence-electron chi connectivity index (χ2n) is 6.74. The largest absolute Gasteiger partial charge is 0.416 e. The minimum atomic E-state index is -4.31. The molecule has 0 radical (unpaired) electrons. The van der Waals surface area contributed by atoms with Gasteiger partial charge in [-0.05, 0) is 35.7 Å². The molecule has 3 rings (SSSR count). The Labute approximate surface area is 157 Å². The van der Waals surface area contributed by atoms with Crippen molar-refractivity contribution in [2.24, 2.45) is 0 Å². The van der Waals surface area contributed by atoms with Crippen LogP contribution in [0.4, 0.5) is 13.2 Å². The van der Waals surface area contributed by atoms with E-state index in [2.05, 4.69) is 17.2 Å². The minimum Gasteiger partial charge on any atom is -0.381 e. The summed E-state index contributed by atoms with van der Waals surface area (Å²) in [4.78, 5) is 0. The van der Waals surface area contributed by atoms with Crippen LogP contribution in [0.2, 0.25) is 0 Å². The number of hydrogen-bond acceptors (Lipinski definition) is 3. The van der Waals surface area contributed by atoms with E-state index >= 15 is 0 Å². The normalized spacial score (nSPS) is 20.3. The average molecular weight is 376 g/mol. The van der Waals surface area contributed by atoms with Crippen molar-refractivity contribution in [3.8, 4) is 0 Å². The molecule has 0 aliphatic carbocycles. The number of morpholine rings is 1. The fourth-order valence-electron chi connectivity index (χ4n) is 3.01. The zero-order valence-electron chi connectivity index (χ0n) is 15.1. The number of hydrogen-bond donors (Lipinski definition) is 2. The molecule has 2 N–H and O–H groups in total. The van der Waals surface area contributed by atoms with Crippen molar-refractivity contribution < 1.29 is 17.9 Å². The summed E-state index contributed by atoms with van der Waals surface area (Å²) < 4.78 is 43.7. The molecule has 6 heteroatoms. The van der Waals surface area contributed by atoms with Crippen LogP contribution in [0.1, 0.15) is 35.3 Å². The summed E-state index contributed by atoms with van der Waals surface area (Å²) in [5.74, 6) is 0. The summed E-state index contributed by atoms with van der Waals surface area (Å²) >= 11 is 0. The van der Waals surface area contributed by atoms with Gasteiger partial charge < -0.3 is 15.4 Å². The van der Waals surface area contributed by atoms with Gasteiger partial charge in [-0.3, -0.25) is 0 Å². The molecule has 3 nitrogen and oxygen atoms in total. The first kappa shape index (κ1) is 19.5. The third kappa shape index (κ3) is 5.11. The van der Waals surface area contributed by atoms with Gasteiger partial charge in [0.25, 0.3) is 0 Å². The minimum absolute atomic E-state index is 0.0381. The van der Waals surface area contributed by atoms with E-state index in [0.29, 0.717) is 6.54 Å². The van der Waals surface area contributed by atoms with E-state index in [4.69, 9.17) is 4.74 Å². The van der Waals surface area contributed by atoms with Gasteiger partial charge in [-0.15, -0.1) is 0 Å². The molecule has 1 fully saturated rings. The van der Waals surface area contributed by atoms with Gasteiger partial charge in [-0.1, -0.05) is 43.0 Å². The lowest BCUT2D eigenvalue weighted by atomic mass is 10.0. The molecule has 0 saturated carbocycles. The van der Waals surface area contributed by atoms with Gasteiger partial charge in [-0.25, -0.2) is 0 Å². The molecule has 0 unspecified atom stereocenters. The number of alkyl halides is 3. The summed E-state index contributed by atoms with van der Waals surface area (Å²) in [5.41, 5.74) is 2.87. The fraction of sp³-hybridized carbons (Fsp3) is 0.333. The quantitative estimate of drug-likeness (QED) is 0.805. The van der Waals surface area contributed by atoms with Crippen LogP contribution >= 0.6 is 0 Å². The van der Waals surface area contributed by atoms with E-state index in [1.807, 2.05) is 31.2 Å². The SMILES string of the molecule is C=C(NCc1ccc(C(F)(F)F)cc1)c1ccc([C@H]2CNC[C@@H](C)O2)cc1. The van der Waals surface area contributed by atoms with Gasteiger partial charge in [0.15, 0.2) is 0 Å². The zero-order chi connectivity index (χ0) is 19.4. The van der Waals surface area contributed by atoms with Crippen molar-refractivity contribution in [2.45, 2.75) is 31.9 Å². The molecule has 2 atom stereocenters. The summed E-state index contributed by atoms with van der Waals surface area (Å²) in [7, 11) is 0. The summed E-state index contributed by atoms with van der Waals surface area (Å²) in [6, 6.07) is 13.1. The number of halogens is 3. The predicted octanol–water partition coefficient (Wildman–Crippen LogP) is 4.52. The van der Waals surface area contributed by atoms with Crippen LogP contribution in [0.15, 0.2) is 55.1 Å². The summed E-state index contributed by atoms with van der Waals surface area (Å²) in [5, 5.41) is 6.51. The lowest BCUT2D eigenvalue weighted by molar-refractivity contribution is -0.137.